The first-order valence-electron chi connectivity index (χ1n) is 8.74. The summed E-state index contributed by atoms with van der Waals surface area (Å²) in [7, 11) is 0. The van der Waals surface area contributed by atoms with Crippen LogP contribution < -0.4 is 4.90 Å². The lowest BCUT2D eigenvalue weighted by Gasteiger charge is -2.36. The summed E-state index contributed by atoms with van der Waals surface area (Å²) in [5, 5.41) is 3.57. The summed E-state index contributed by atoms with van der Waals surface area (Å²) < 4.78 is 1.38. The minimum absolute atomic E-state index is 0.894. The van der Waals surface area contributed by atoms with Gasteiger partial charge in [-0.05, 0) is 35.7 Å². The number of imidazole rings is 1. The molecule has 0 atom stereocenters. The minimum Gasteiger partial charge on any atom is -0.368 e. The first-order chi connectivity index (χ1) is 12.4. The standard InChI is InChI=1S/C20H20N4S/c1-2-5-17-16(4-1)21-20(22-17)14-23-9-11-24(12-10-23)18-6-3-7-19-15(18)8-13-25-19/h1-8,13H,9-12,14H2,(H,21,22). The summed E-state index contributed by atoms with van der Waals surface area (Å²) in [5.74, 6) is 1.06. The van der Waals surface area contributed by atoms with Gasteiger partial charge in [-0.3, -0.25) is 4.90 Å². The van der Waals surface area contributed by atoms with Gasteiger partial charge in [0.2, 0.25) is 0 Å². The van der Waals surface area contributed by atoms with Gasteiger partial charge in [0, 0.05) is 42.0 Å². The zero-order valence-corrected chi connectivity index (χ0v) is 14.8. The molecule has 0 aliphatic carbocycles. The van der Waals surface area contributed by atoms with Crippen molar-refractivity contribution in [2.45, 2.75) is 6.54 Å². The molecule has 1 N–H and O–H groups in total. The van der Waals surface area contributed by atoms with E-state index in [1.807, 2.05) is 23.5 Å². The number of nitrogens with one attached hydrogen (secondary N) is 1. The SMILES string of the molecule is c1ccc2[nH]c(CN3CCN(c4cccc5sccc45)CC3)nc2c1. The van der Waals surface area contributed by atoms with E-state index in [-0.39, 0.29) is 0 Å². The molecule has 1 aliphatic rings. The molecule has 1 saturated heterocycles. The maximum Gasteiger partial charge on any atom is 0.121 e. The van der Waals surface area contributed by atoms with Crippen molar-refractivity contribution >= 4 is 38.1 Å². The van der Waals surface area contributed by atoms with Gasteiger partial charge >= 0.3 is 0 Å². The quantitative estimate of drug-likeness (QED) is 0.605. The van der Waals surface area contributed by atoms with Crippen molar-refractivity contribution in [3.8, 4) is 0 Å². The predicted octanol–water partition coefficient (Wildman–Crippen LogP) is 4.10. The Morgan fingerprint density at radius 1 is 0.960 bits per heavy atom. The van der Waals surface area contributed by atoms with Crippen LogP contribution >= 0.6 is 11.3 Å². The van der Waals surface area contributed by atoms with Gasteiger partial charge in [-0.25, -0.2) is 4.98 Å². The molecule has 5 heteroatoms. The third kappa shape index (κ3) is 2.79. The second kappa shape index (κ2) is 6.17. The van der Waals surface area contributed by atoms with Crippen molar-refractivity contribution in [1.29, 1.82) is 0 Å². The third-order valence-electron chi connectivity index (χ3n) is 5.00. The molecule has 2 aromatic heterocycles. The Labute approximate surface area is 150 Å². The molecule has 4 nitrogen and oxygen atoms in total. The molecule has 0 unspecified atom stereocenters. The molecule has 0 spiro atoms. The number of aromatic amines is 1. The second-order valence-electron chi connectivity index (χ2n) is 6.57. The summed E-state index contributed by atoms with van der Waals surface area (Å²) in [6.07, 6.45) is 0. The van der Waals surface area contributed by atoms with Gasteiger partial charge in [0.05, 0.1) is 17.6 Å². The van der Waals surface area contributed by atoms with Crippen LogP contribution in [0.3, 0.4) is 0 Å². The van der Waals surface area contributed by atoms with Crippen LogP contribution in [0.25, 0.3) is 21.1 Å². The average Bonchev–Trinajstić information content (AvgIpc) is 3.28. The number of rotatable bonds is 3. The molecule has 1 fully saturated rings. The molecule has 0 saturated carbocycles. The molecule has 5 rings (SSSR count). The number of aromatic nitrogens is 2. The Hall–Kier alpha value is -2.37. The zero-order chi connectivity index (χ0) is 16.6. The first-order valence-corrected chi connectivity index (χ1v) is 9.62. The van der Waals surface area contributed by atoms with Crippen molar-refractivity contribution in [3.63, 3.8) is 0 Å². The fourth-order valence-electron chi connectivity index (χ4n) is 3.69. The van der Waals surface area contributed by atoms with E-state index in [0.717, 1.165) is 49.6 Å². The number of anilines is 1. The van der Waals surface area contributed by atoms with Crippen LogP contribution in [-0.4, -0.2) is 41.0 Å². The van der Waals surface area contributed by atoms with Crippen LogP contribution in [0.4, 0.5) is 5.69 Å². The van der Waals surface area contributed by atoms with E-state index in [0.29, 0.717) is 0 Å². The molecule has 4 aromatic rings. The van der Waals surface area contributed by atoms with E-state index in [4.69, 9.17) is 4.98 Å². The highest BCUT2D eigenvalue weighted by atomic mass is 32.1. The predicted molar refractivity (Wildman–Crippen MR) is 105 cm³/mol. The number of H-pyrrole nitrogens is 1. The van der Waals surface area contributed by atoms with E-state index in [9.17, 15) is 0 Å². The summed E-state index contributed by atoms with van der Waals surface area (Å²) in [5.41, 5.74) is 3.56. The van der Waals surface area contributed by atoms with Crippen molar-refractivity contribution < 1.29 is 0 Å². The zero-order valence-electron chi connectivity index (χ0n) is 14.0. The number of benzene rings is 2. The van der Waals surface area contributed by atoms with Gasteiger partial charge in [0.1, 0.15) is 5.82 Å². The molecule has 1 aliphatic heterocycles. The lowest BCUT2D eigenvalue weighted by molar-refractivity contribution is 0.245. The maximum absolute atomic E-state index is 4.71. The number of hydrogen-bond acceptors (Lipinski definition) is 4. The Morgan fingerprint density at radius 2 is 1.84 bits per heavy atom. The fraction of sp³-hybridized carbons (Fsp3) is 0.250. The third-order valence-corrected chi connectivity index (χ3v) is 5.88. The average molecular weight is 348 g/mol. The summed E-state index contributed by atoms with van der Waals surface area (Å²) in [6.45, 7) is 5.16. The Morgan fingerprint density at radius 3 is 2.72 bits per heavy atom. The molecule has 0 radical (unpaired) electrons. The number of fused-ring (bicyclic) bond motifs is 2. The Kier molecular flexibility index (Phi) is 3.68. The van der Waals surface area contributed by atoms with Crippen LogP contribution in [0.1, 0.15) is 5.82 Å². The highest BCUT2D eigenvalue weighted by Crippen LogP contribution is 2.31. The fourth-order valence-corrected chi connectivity index (χ4v) is 4.50. The molecule has 3 heterocycles. The lowest BCUT2D eigenvalue weighted by atomic mass is 10.2. The maximum atomic E-state index is 4.71. The largest absolute Gasteiger partial charge is 0.368 e. The minimum atomic E-state index is 0.894. The van der Waals surface area contributed by atoms with Crippen molar-refractivity contribution in [2.75, 3.05) is 31.1 Å². The van der Waals surface area contributed by atoms with Gasteiger partial charge < -0.3 is 9.88 Å². The van der Waals surface area contributed by atoms with Crippen LogP contribution in [0.2, 0.25) is 0 Å². The number of piperazine rings is 1. The van der Waals surface area contributed by atoms with Crippen molar-refractivity contribution in [3.05, 3.63) is 59.7 Å². The first kappa shape index (κ1) is 14.9. The molecule has 2 aromatic carbocycles. The molecule has 126 valence electrons. The molecule has 0 amide bonds. The van der Waals surface area contributed by atoms with Gasteiger partial charge in [0.25, 0.3) is 0 Å². The molecule has 0 bridgehead atoms. The molecule has 25 heavy (non-hydrogen) atoms. The van der Waals surface area contributed by atoms with Crippen LogP contribution in [0, 0.1) is 0 Å². The smallest absolute Gasteiger partial charge is 0.121 e. The van der Waals surface area contributed by atoms with Gasteiger partial charge in [0.15, 0.2) is 0 Å². The Bertz CT molecular complexity index is 978. The van der Waals surface area contributed by atoms with Crippen LogP contribution in [0.15, 0.2) is 53.9 Å². The molecular weight excluding hydrogens is 328 g/mol. The number of thiophene rings is 1. The lowest BCUT2D eigenvalue weighted by Crippen LogP contribution is -2.46. The van der Waals surface area contributed by atoms with E-state index < -0.39 is 0 Å². The van der Waals surface area contributed by atoms with Crippen molar-refractivity contribution in [2.24, 2.45) is 0 Å². The Balaban J connectivity index is 1.29. The molecular formula is C20H20N4S. The highest BCUT2D eigenvalue weighted by Gasteiger charge is 2.19. The highest BCUT2D eigenvalue weighted by molar-refractivity contribution is 7.17. The van der Waals surface area contributed by atoms with Crippen molar-refractivity contribution in [1.82, 2.24) is 14.9 Å². The topological polar surface area (TPSA) is 35.2 Å². The summed E-state index contributed by atoms with van der Waals surface area (Å²) >= 11 is 1.82. The normalized spacial score (nSPS) is 16.1. The number of para-hydroxylation sites is 2. The summed E-state index contributed by atoms with van der Waals surface area (Å²) in [6, 6.07) is 17.1. The second-order valence-corrected chi connectivity index (χ2v) is 7.52. The van der Waals surface area contributed by atoms with E-state index in [1.165, 1.54) is 15.8 Å². The number of nitrogens with zero attached hydrogens (tertiary/aromatic N) is 3. The van der Waals surface area contributed by atoms with Gasteiger partial charge in [-0.2, -0.15) is 0 Å². The van der Waals surface area contributed by atoms with Crippen LogP contribution in [-0.2, 0) is 6.54 Å². The summed E-state index contributed by atoms with van der Waals surface area (Å²) in [4.78, 5) is 13.2. The van der Waals surface area contributed by atoms with E-state index in [1.54, 1.807) is 0 Å². The van der Waals surface area contributed by atoms with Gasteiger partial charge in [-0.15, -0.1) is 11.3 Å². The van der Waals surface area contributed by atoms with Crippen LogP contribution in [0.5, 0.6) is 0 Å². The van der Waals surface area contributed by atoms with E-state index in [2.05, 4.69) is 56.6 Å². The number of hydrogen-bond donors (Lipinski definition) is 1. The monoisotopic (exact) mass is 348 g/mol. The van der Waals surface area contributed by atoms with E-state index >= 15 is 0 Å². The van der Waals surface area contributed by atoms with Gasteiger partial charge in [-0.1, -0.05) is 18.2 Å².